The van der Waals surface area contributed by atoms with E-state index in [1.165, 1.54) is 46.8 Å². The topological polar surface area (TPSA) is 25.8 Å². The van der Waals surface area contributed by atoms with Gasteiger partial charge in [-0.2, -0.15) is 17.6 Å². The molecule has 0 radical (unpaired) electrons. The molecule has 0 saturated carbocycles. The predicted octanol–water partition coefficient (Wildman–Crippen LogP) is 9.53. The molecule has 0 aromatic carbocycles. The third kappa shape index (κ3) is 11.0. The van der Waals surface area contributed by atoms with Crippen LogP contribution in [0.3, 0.4) is 0 Å². The molecule has 2 aromatic rings. The minimum atomic E-state index is -3.75. The van der Waals surface area contributed by atoms with Gasteiger partial charge in [0.25, 0.3) is 5.13 Å². The number of alkyl halides is 5. The van der Waals surface area contributed by atoms with Crippen molar-refractivity contribution in [1.29, 1.82) is 0 Å². The second-order valence-corrected chi connectivity index (χ2v) is 12.5. The van der Waals surface area contributed by atoms with Crippen molar-refractivity contribution in [3.05, 3.63) is 33.0 Å². The smallest absolute Gasteiger partial charge is 0.237 e. The molecule has 1 unspecified atom stereocenters. The maximum atomic E-state index is 13.2. The molecule has 0 saturated heterocycles. The van der Waals surface area contributed by atoms with Crippen LogP contribution in [0.5, 0.6) is 0 Å². The highest BCUT2D eigenvalue weighted by molar-refractivity contribution is 9.10. The van der Waals surface area contributed by atoms with Gasteiger partial charge in [-0.15, -0.1) is 0 Å². The van der Waals surface area contributed by atoms with E-state index < -0.39 is 28.3 Å². The zero-order valence-electron chi connectivity index (χ0n) is 14.3. The number of thioether (sulfide) groups is 2. The second kappa shape index (κ2) is 13.4. The van der Waals surface area contributed by atoms with Crippen molar-refractivity contribution in [2.24, 2.45) is 0 Å². The van der Waals surface area contributed by atoms with Gasteiger partial charge >= 0.3 is 10.9 Å². The van der Waals surface area contributed by atoms with E-state index in [-0.39, 0.29) is 17.9 Å². The number of halogens is 10. The number of hydrogen-bond donors (Lipinski definition) is 0. The van der Waals surface area contributed by atoms with Crippen LogP contribution < -0.4 is 0 Å². The summed E-state index contributed by atoms with van der Waals surface area (Å²) in [6, 6.07) is 0. The minimum absolute atomic E-state index is 0.0883. The average molecular weight is 635 g/mol. The molecule has 170 valence electrons. The first-order valence-corrected chi connectivity index (χ1v) is 13.0. The standard InChI is InChI=1S/C7H5BrCl2F3NS2.C7H5ClF3NS2/c8-7(12,13)6(10,11)1-2-15-5-14-3-4(9)16-5;8-5-3-12-7(14-5)13-2-1-4(9)6(10)11/h3H,1-2H2;3H,1-2H2. The van der Waals surface area contributed by atoms with E-state index in [9.17, 15) is 26.3 Å². The summed E-state index contributed by atoms with van der Waals surface area (Å²) < 4.78 is 76.2. The quantitative estimate of drug-likeness (QED) is 0.156. The molecule has 0 aliphatic rings. The number of nitrogens with zero attached hydrogens (tertiary/aromatic N) is 2. The van der Waals surface area contributed by atoms with Crippen molar-refractivity contribution < 1.29 is 26.3 Å². The zero-order chi connectivity index (χ0) is 22.9. The SMILES string of the molecule is FC(F)(Br)C(F)(Cl)CCSc1ncc(Cl)s1.FC(F)=C(F)CCSc1ncc(Cl)s1. The Labute approximate surface area is 207 Å². The largest absolute Gasteiger partial charge is 0.348 e. The average Bonchev–Trinajstić information content (AvgIpc) is 3.22. The fourth-order valence-corrected chi connectivity index (χ4v) is 6.09. The van der Waals surface area contributed by atoms with E-state index in [2.05, 4.69) is 9.97 Å². The molecule has 2 rings (SSSR count). The van der Waals surface area contributed by atoms with Crippen molar-refractivity contribution in [3.63, 3.8) is 0 Å². The van der Waals surface area contributed by atoms with E-state index in [0.29, 0.717) is 17.4 Å². The summed E-state index contributed by atoms with van der Waals surface area (Å²) in [5.74, 6) is -1.04. The van der Waals surface area contributed by atoms with Crippen molar-refractivity contribution in [2.45, 2.75) is 31.5 Å². The molecule has 0 spiro atoms. The molecular formula is C14H10BrCl3F6N2S4. The summed E-state index contributed by atoms with van der Waals surface area (Å²) in [6.45, 7) is 0. The van der Waals surface area contributed by atoms with Gasteiger partial charge in [-0.1, -0.05) is 81.0 Å². The molecule has 1 atom stereocenters. The van der Waals surface area contributed by atoms with Crippen molar-refractivity contribution in [3.8, 4) is 0 Å². The van der Waals surface area contributed by atoms with Gasteiger partial charge in [0.1, 0.15) is 8.67 Å². The highest BCUT2D eigenvalue weighted by atomic mass is 79.9. The first-order chi connectivity index (χ1) is 13.8. The zero-order valence-corrected chi connectivity index (χ0v) is 21.4. The van der Waals surface area contributed by atoms with Gasteiger partial charge in [0.15, 0.2) is 14.5 Å². The summed E-state index contributed by atoms with van der Waals surface area (Å²) in [6.07, 6.45) is -0.130. The first kappa shape index (κ1) is 28.7. The van der Waals surface area contributed by atoms with Crippen LogP contribution in [0.25, 0.3) is 0 Å². The fourth-order valence-electron chi connectivity index (χ4n) is 1.34. The molecule has 2 nitrogen and oxygen atoms in total. The molecule has 30 heavy (non-hydrogen) atoms. The molecule has 2 heterocycles. The molecule has 0 N–H and O–H groups in total. The number of hydrogen-bond acceptors (Lipinski definition) is 6. The van der Waals surface area contributed by atoms with Crippen molar-refractivity contribution in [2.75, 3.05) is 11.5 Å². The highest BCUT2D eigenvalue weighted by Gasteiger charge is 2.51. The normalized spacial score (nSPS) is 13.4. The van der Waals surface area contributed by atoms with Gasteiger partial charge in [-0.05, 0) is 15.9 Å². The second-order valence-electron chi connectivity index (χ2n) is 4.93. The van der Waals surface area contributed by atoms with Gasteiger partial charge in [0.05, 0.1) is 12.4 Å². The lowest BCUT2D eigenvalue weighted by Crippen LogP contribution is -2.34. The Balaban J connectivity index is 0.000000303. The van der Waals surface area contributed by atoms with Gasteiger partial charge in [-0.25, -0.2) is 18.7 Å². The molecule has 16 heteroatoms. The van der Waals surface area contributed by atoms with Gasteiger partial charge < -0.3 is 0 Å². The Kier molecular flexibility index (Phi) is 12.8. The summed E-state index contributed by atoms with van der Waals surface area (Å²) in [5, 5.41) is -3.10. The minimum Gasteiger partial charge on any atom is -0.237 e. The molecule has 0 amide bonds. The van der Waals surface area contributed by atoms with Crippen LogP contribution in [-0.2, 0) is 0 Å². The van der Waals surface area contributed by atoms with Crippen LogP contribution in [-0.4, -0.2) is 31.4 Å². The Bertz CT molecular complexity index is 827. The van der Waals surface area contributed by atoms with E-state index in [4.69, 9.17) is 34.8 Å². The summed E-state index contributed by atoms with van der Waals surface area (Å²) in [5.41, 5.74) is 0. The lowest BCUT2D eigenvalue weighted by Gasteiger charge is -2.22. The first-order valence-electron chi connectivity index (χ1n) is 7.44. The third-order valence-electron chi connectivity index (χ3n) is 2.72. The number of thiazole rings is 2. The van der Waals surface area contributed by atoms with E-state index >= 15 is 0 Å². The third-order valence-corrected chi connectivity index (χ3v) is 8.55. The van der Waals surface area contributed by atoms with Crippen molar-refractivity contribution >= 4 is 96.9 Å². The van der Waals surface area contributed by atoms with E-state index in [0.717, 1.165) is 11.8 Å². The van der Waals surface area contributed by atoms with Crippen LogP contribution in [0.2, 0.25) is 8.67 Å². The Hall–Kier alpha value is 0.630. The summed E-state index contributed by atoms with van der Waals surface area (Å²) in [4.78, 5) is 4.02. The van der Waals surface area contributed by atoms with Crippen LogP contribution in [0.1, 0.15) is 12.8 Å². The van der Waals surface area contributed by atoms with Crippen molar-refractivity contribution in [1.82, 2.24) is 9.97 Å². The molecule has 0 bridgehead atoms. The van der Waals surface area contributed by atoms with Crippen LogP contribution >= 0.6 is 96.9 Å². The molecule has 2 aromatic heterocycles. The summed E-state index contributed by atoms with van der Waals surface area (Å²) in [7, 11) is 0. The number of aromatic nitrogens is 2. The molecule has 0 aliphatic heterocycles. The Morgan fingerprint density at radius 2 is 1.43 bits per heavy atom. The maximum Gasteiger partial charge on any atom is 0.348 e. The van der Waals surface area contributed by atoms with E-state index in [1.54, 1.807) is 0 Å². The van der Waals surface area contributed by atoms with Crippen LogP contribution in [0.4, 0.5) is 26.3 Å². The lowest BCUT2D eigenvalue weighted by atomic mass is 10.3. The molecular weight excluding hydrogens is 625 g/mol. The van der Waals surface area contributed by atoms with Gasteiger partial charge in [0.2, 0.25) is 0 Å². The number of rotatable bonds is 9. The maximum absolute atomic E-state index is 13.2. The highest BCUT2D eigenvalue weighted by Crippen LogP contribution is 2.44. The molecule has 0 aliphatic carbocycles. The molecule has 0 fully saturated rings. The summed E-state index contributed by atoms with van der Waals surface area (Å²) >= 11 is 22.9. The van der Waals surface area contributed by atoms with Crippen LogP contribution in [0.15, 0.2) is 33.0 Å². The Morgan fingerprint density at radius 3 is 1.80 bits per heavy atom. The lowest BCUT2D eigenvalue weighted by molar-refractivity contribution is -0.00615. The van der Waals surface area contributed by atoms with Gasteiger partial charge in [-0.3, -0.25) is 0 Å². The predicted molar refractivity (Wildman–Crippen MR) is 119 cm³/mol. The van der Waals surface area contributed by atoms with Gasteiger partial charge in [0, 0.05) is 24.3 Å². The van der Waals surface area contributed by atoms with E-state index in [1.807, 2.05) is 15.9 Å². The monoisotopic (exact) mass is 632 g/mol. The fraction of sp³-hybridized carbons (Fsp3) is 0.429. The van der Waals surface area contributed by atoms with Crippen LogP contribution in [0, 0.1) is 0 Å². The Morgan fingerprint density at radius 1 is 0.967 bits per heavy atom. The number of allylic oxidation sites excluding steroid dienone is 1.